The fourth-order valence-electron chi connectivity index (χ4n) is 3.47. The summed E-state index contributed by atoms with van der Waals surface area (Å²) >= 11 is 0. The lowest BCUT2D eigenvalue weighted by atomic mass is 9.78. The molecule has 3 aliphatic rings. The van der Waals surface area contributed by atoms with E-state index in [-0.39, 0.29) is 18.5 Å². The molecule has 0 aromatic heterocycles. The third kappa shape index (κ3) is 2.84. The normalized spacial score (nSPS) is 23.9. The van der Waals surface area contributed by atoms with Gasteiger partial charge in [0.25, 0.3) is 0 Å². The molecule has 3 saturated heterocycles. The minimum absolute atomic E-state index is 0.00390. The molecule has 25 heavy (non-hydrogen) atoms. The van der Waals surface area contributed by atoms with Gasteiger partial charge in [-0.2, -0.15) is 0 Å². The van der Waals surface area contributed by atoms with Crippen molar-refractivity contribution in [2.24, 2.45) is 5.41 Å². The number of carbonyl (C=O) groups is 2. The van der Waals surface area contributed by atoms with Gasteiger partial charge in [-0.3, -0.25) is 4.90 Å². The van der Waals surface area contributed by atoms with Crippen molar-refractivity contribution in [3.05, 3.63) is 24.0 Å². The molecule has 1 aromatic rings. The van der Waals surface area contributed by atoms with Crippen molar-refractivity contribution in [3.63, 3.8) is 0 Å². The maximum atomic E-state index is 14.5. The average molecular weight is 351 g/mol. The van der Waals surface area contributed by atoms with E-state index < -0.39 is 24.1 Å². The Kier molecular flexibility index (Phi) is 3.68. The highest BCUT2D eigenvalue weighted by molar-refractivity contribution is 5.90. The number of amides is 2. The minimum Gasteiger partial charge on any atom is -0.465 e. The third-order valence-electron chi connectivity index (χ3n) is 4.81. The Morgan fingerprint density at radius 1 is 1.40 bits per heavy atom. The molecule has 0 radical (unpaired) electrons. The zero-order chi connectivity index (χ0) is 17.6. The molecule has 9 heteroatoms. The van der Waals surface area contributed by atoms with Crippen LogP contribution in [0.4, 0.5) is 25.4 Å². The van der Waals surface area contributed by atoms with Gasteiger partial charge >= 0.3 is 12.2 Å². The minimum atomic E-state index is -1.19. The molecular formula is C16H18FN3O5. The summed E-state index contributed by atoms with van der Waals surface area (Å²) < 4.78 is 24.8. The lowest BCUT2D eigenvalue weighted by Crippen LogP contribution is -2.66. The lowest BCUT2D eigenvalue weighted by Gasteiger charge is -2.56. The molecule has 0 aliphatic carbocycles. The predicted molar refractivity (Wildman–Crippen MR) is 85.5 cm³/mol. The summed E-state index contributed by atoms with van der Waals surface area (Å²) in [6, 6.07) is 4.65. The molecule has 1 spiro atoms. The first-order valence-electron chi connectivity index (χ1n) is 8.03. The van der Waals surface area contributed by atoms with Gasteiger partial charge in [-0.25, -0.2) is 14.0 Å². The maximum Gasteiger partial charge on any atom is 0.414 e. The molecule has 3 aliphatic heterocycles. The van der Waals surface area contributed by atoms with E-state index in [1.807, 2.05) is 4.90 Å². The summed E-state index contributed by atoms with van der Waals surface area (Å²) in [5, 5.41) is 10.8. The monoisotopic (exact) mass is 351 g/mol. The SMILES string of the molecule is O=C(O)NCC1CN(c2ccc(N3CC4(COC4)C3)c(F)c2)C(=O)O1. The quantitative estimate of drug-likeness (QED) is 0.849. The molecule has 3 fully saturated rings. The zero-order valence-electron chi connectivity index (χ0n) is 13.4. The van der Waals surface area contributed by atoms with Crippen LogP contribution in [-0.4, -0.2) is 62.8 Å². The number of nitrogens with zero attached hydrogens (tertiary/aromatic N) is 2. The number of anilines is 2. The number of carboxylic acid groups (broad SMARTS) is 1. The highest BCUT2D eigenvalue weighted by Crippen LogP contribution is 2.41. The summed E-state index contributed by atoms with van der Waals surface area (Å²) in [5.74, 6) is -0.396. The van der Waals surface area contributed by atoms with Crippen molar-refractivity contribution in [3.8, 4) is 0 Å². The Balaban J connectivity index is 1.42. The van der Waals surface area contributed by atoms with Gasteiger partial charge in [0.2, 0.25) is 0 Å². The fourth-order valence-corrected chi connectivity index (χ4v) is 3.47. The molecule has 8 nitrogen and oxygen atoms in total. The Morgan fingerprint density at radius 2 is 2.16 bits per heavy atom. The zero-order valence-corrected chi connectivity index (χ0v) is 13.4. The Labute approximate surface area is 143 Å². The number of halogens is 1. The summed E-state index contributed by atoms with van der Waals surface area (Å²) in [4.78, 5) is 25.7. The van der Waals surface area contributed by atoms with Gasteiger partial charge in [-0.05, 0) is 18.2 Å². The Bertz CT molecular complexity index is 716. The first-order chi connectivity index (χ1) is 12.0. The number of hydrogen-bond acceptors (Lipinski definition) is 5. The van der Waals surface area contributed by atoms with Crippen LogP contribution in [0, 0.1) is 11.2 Å². The van der Waals surface area contributed by atoms with Gasteiger partial charge in [0, 0.05) is 13.1 Å². The number of cyclic esters (lactones) is 1. The summed E-state index contributed by atoms with van der Waals surface area (Å²) in [7, 11) is 0. The number of hydrogen-bond donors (Lipinski definition) is 2. The van der Waals surface area contributed by atoms with E-state index in [4.69, 9.17) is 14.6 Å². The van der Waals surface area contributed by atoms with Crippen LogP contribution in [0.1, 0.15) is 0 Å². The van der Waals surface area contributed by atoms with Gasteiger partial charge in [-0.1, -0.05) is 0 Å². The fraction of sp³-hybridized carbons (Fsp3) is 0.500. The second-order valence-corrected chi connectivity index (χ2v) is 6.79. The van der Waals surface area contributed by atoms with Crippen molar-refractivity contribution in [1.82, 2.24) is 5.32 Å². The molecule has 2 amide bonds. The predicted octanol–water partition coefficient (Wildman–Crippen LogP) is 1.26. The van der Waals surface area contributed by atoms with Gasteiger partial charge in [0.05, 0.1) is 43.1 Å². The van der Waals surface area contributed by atoms with E-state index in [1.165, 1.54) is 11.0 Å². The summed E-state index contributed by atoms with van der Waals surface area (Å²) in [6.45, 7) is 3.18. The van der Waals surface area contributed by atoms with Crippen LogP contribution in [0.25, 0.3) is 0 Å². The lowest BCUT2D eigenvalue weighted by molar-refractivity contribution is -0.127. The smallest absolute Gasteiger partial charge is 0.414 e. The number of benzene rings is 1. The van der Waals surface area contributed by atoms with E-state index in [9.17, 15) is 14.0 Å². The first-order valence-corrected chi connectivity index (χ1v) is 8.03. The largest absolute Gasteiger partial charge is 0.465 e. The van der Waals surface area contributed by atoms with E-state index in [0.717, 1.165) is 26.3 Å². The number of rotatable bonds is 4. The molecule has 4 rings (SSSR count). The molecule has 1 unspecified atom stereocenters. The summed E-state index contributed by atoms with van der Waals surface area (Å²) in [5.41, 5.74) is 1.10. The Hall–Kier alpha value is -2.55. The molecule has 1 aromatic carbocycles. The van der Waals surface area contributed by atoms with Gasteiger partial charge in [0.1, 0.15) is 11.9 Å². The first kappa shape index (κ1) is 15.9. The van der Waals surface area contributed by atoms with Crippen LogP contribution < -0.4 is 15.1 Å². The van der Waals surface area contributed by atoms with Crippen LogP contribution in [-0.2, 0) is 9.47 Å². The second kappa shape index (κ2) is 5.76. The topological polar surface area (TPSA) is 91.3 Å². The van der Waals surface area contributed by atoms with Crippen LogP contribution in [0.2, 0.25) is 0 Å². The molecule has 134 valence electrons. The van der Waals surface area contributed by atoms with Crippen LogP contribution in [0.5, 0.6) is 0 Å². The highest BCUT2D eigenvalue weighted by Gasteiger charge is 2.49. The van der Waals surface area contributed by atoms with Crippen molar-refractivity contribution in [1.29, 1.82) is 0 Å². The molecule has 0 saturated carbocycles. The average Bonchev–Trinajstić information content (AvgIpc) is 2.85. The molecular weight excluding hydrogens is 333 g/mol. The Morgan fingerprint density at radius 3 is 2.76 bits per heavy atom. The molecule has 3 heterocycles. The van der Waals surface area contributed by atoms with Crippen molar-refractivity contribution >= 4 is 23.6 Å². The second-order valence-electron chi connectivity index (χ2n) is 6.79. The molecule has 2 N–H and O–H groups in total. The van der Waals surface area contributed by atoms with Gasteiger partial charge < -0.3 is 24.8 Å². The molecule has 0 bridgehead atoms. The van der Waals surface area contributed by atoms with Crippen molar-refractivity contribution in [2.75, 3.05) is 49.2 Å². The van der Waals surface area contributed by atoms with E-state index >= 15 is 0 Å². The maximum absolute atomic E-state index is 14.5. The van der Waals surface area contributed by atoms with Crippen molar-refractivity contribution in [2.45, 2.75) is 6.10 Å². The number of nitrogens with one attached hydrogen (secondary N) is 1. The van der Waals surface area contributed by atoms with Crippen LogP contribution in [0.3, 0.4) is 0 Å². The molecule has 1 atom stereocenters. The van der Waals surface area contributed by atoms with E-state index in [0.29, 0.717) is 11.4 Å². The van der Waals surface area contributed by atoms with Gasteiger partial charge in [-0.15, -0.1) is 0 Å². The van der Waals surface area contributed by atoms with Gasteiger partial charge in [0.15, 0.2) is 0 Å². The number of ether oxygens (including phenoxy) is 2. The highest BCUT2D eigenvalue weighted by atomic mass is 19.1. The third-order valence-corrected chi connectivity index (χ3v) is 4.81. The number of carbonyl (C=O) groups excluding carboxylic acids is 1. The van der Waals surface area contributed by atoms with Crippen molar-refractivity contribution < 1.29 is 28.6 Å². The van der Waals surface area contributed by atoms with E-state index in [2.05, 4.69) is 5.32 Å². The standard InChI is InChI=1S/C16H18FN3O5/c17-12-3-10(20-5-11(25-15(20)23)4-18-14(21)22)1-2-13(12)19-6-16(7-19)8-24-9-16/h1-3,11,18H,4-9H2,(H,21,22). The van der Waals surface area contributed by atoms with E-state index in [1.54, 1.807) is 12.1 Å². The van der Waals surface area contributed by atoms with Crippen LogP contribution in [0.15, 0.2) is 18.2 Å². The summed E-state index contributed by atoms with van der Waals surface area (Å²) in [6.07, 6.45) is -2.40. The van der Waals surface area contributed by atoms with Crippen LogP contribution >= 0.6 is 0 Å².